The number of hydrogen-bond acceptors (Lipinski definition) is 3. The van der Waals surface area contributed by atoms with Crippen molar-refractivity contribution >= 4 is 23.7 Å². The summed E-state index contributed by atoms with van der Waals surface area (Å²) in [6.07, 6.45) is 1.55. The molecule has 0 aliphatic heterocycles. The highest BCUT2D eigenvalue weighted by molar-refractivity contribution is 6.30. The molecule has 0 fully saturated rings. The lowest BCUT2D eigenvalue weighted by atomic mass is 10.1. The number of halogens is 1. The number of hydrazone groups is 1. The molecule has 2 aromatic carbocycles. The average Bonchev–Trinajstić information content (AvgIpc) is 2.53. The summed E-state index contributed by atoms with van der Waals surface area (Å²) in [5, 5.41) is 4.55. The SMILES string of the molecule is Cc1ccc(C)c(OCC(=O)N/N=C\c2ccc(Cl)cc2)c1C. The number of hydrogen-bond donors (Lipinski definition) is 1. The number of rotatable bonds is 5. The van der Waals surface area contributed by atoms with Crippen molar-refractivity contribution in [2.45, 2.75) is 20.8 Å². The first-order valence-corrected chi connectivity index (χ1v) is 7.62. The average molecular weight is 331 g/mol. The highest BCUT2D eigenvalue weighted by Crippen LogP contribution is 2.25. The largest absolute Gasteiger partial charge is 0.483 e. The van der Waals surface area contributed by atoms with Gasteiger partial charge < -0.3 is 4.74 Å². The maximum absolute atomic E-state index is 11.8. The summed E-state index contributed by atoms with van der Waals surface area (Å²) in [4.78, 5) is 11.8. The monoisotopic (exact) mass is 330 g/mol. The number of ether oxygens (including phenoxy) is 1. The van der Waals surface area contributed by atoms with Crippen LogP contribution < -0.4 is 10.2 Å². The minimum atomic E-state index is -0.310. The number of carbonyl (C=O) groups is 1. The fourth-order valence-corrected chi connectivity index (χ4v) is 2.17. The molecule has 0 aliphatic carbocycles. The quantitative estimate of drug-likeness (QED) is 0.669. The van der Waals surface area contributed by atoms with Crippen molar-refractivity contribution in [2.24, 2.45) is 5.10 Å². The van der Waals surface area contributed by atoms with E-state index in [0.717, 1.165) is 28.0 Å². The maximum atomic E-state index is 11.8. The fraction of sp³-hybridized carbons (Fsp3) is 0.222. The van der Waals surface area contributed by atoms with E-state index in [1.54, 1.807) is 18.3 Å². The summed E-state index contributed by atoms with van der Waals surface area (Å²) in [6.45, 7) is 5.87. The van der Waals surface area contributed by atoms with Crippen LogP contribution in [-0.4, -0.2) is 18.7 Å². The third kappa shape index (κ3) is 4.83. The number of aryl methyl sites for hydroxylation is 2. The summed E-state index contributed by atoms with van der Waals surface area (Å²) in [7, 11) is 0. The minimum absolute atomic E-state index is 0.0803. The summed E-state index contributed by atoms with van der Waals surface area (Å²) in [5.74, 6) is 0.442. The molecule has 1 amide bonds. The Morgan fingerprint density at radius 3 is 2.48 bits per heavy atom. The number of amides is 1. The zero-order chi connectivity index (χ0) is 16.8. The first-order chi connectivity index (χ1) is 11.0. The Morgan fingerprint density at radius 1 is 1.13 bits per heavy atom. The molecule has 4 nitrogen and oxygen atoms in total. The van der Waals surface area contributed by atoms with Gasteiger partial charge in [0.2, 0.25) is 0 Å². The summed E-state index contributed by atoms with van der Waals surface area (Å²) < 4.78 is 5.63. The highest BCUT2D eigenvalue weighted by atomic mass is 35.5. The third-order valence-electron chi connectivity index (χ3n) is 3.49. The zero-order valence-electron chi connectivity index (χ0n) is 13.4. The molecule has 0 aliphatic rings. The van der Waals surface area contributed by atoms with Gasteiger partial charge in [0, 0.05) is 5.02 Å². The van der Waals surface area contributed by atoms with Crippen molar-refractivity contribution in [3.63, 3.8) is 0 Å². The van der Waals surface area contributed by atoms with Gasteiger partial charge in [0.1, 0.15) is 5.75 Å². The van der Waals surface area contributed by atoms with Crippen LogP contribution in [0, 0.1) is 20.8 Å². The summed E-state index contributed by atoms with van der Waals surface area (Å²) in [5.41, 5.74) is 6.47. The van der Waals surface area contributed by atoms with Gasteiger partial charge in [-0.1, -0.05) is 35.9 Å². The topological polar surface area (TPSA) is 50.7 Å². The molecule has 0 radical (unpaired) electrons. The normalized spacial score (nSPS) is 10.8. The molecule has 23 heavy (non-hydrogen) atoms. The van der Waals surface area contributed by atoms with Gasteiger partial charge in [0.25, 0.3) is 5.91 Å². The molecule has 120 valence electrons. The fourth-order valence-electron chi connectivity index (χ4n) is 2.05. The molecular formula is C18H19ClN2O2. The molecule has 5 heteroatoms. The molecular weight excluding hydrogens is 312 g/mol. The number of nitrogens with one attached hydrogen (secondary N) is 1. The van der Waals surface area contributed by atoms with E-state index in [4.69, 9.17) is 16.3 Å². The predicted octanol–water partition coefficient (Wildman–Crippen LogP) is 3.79. The van der Waals surface area contributed by atoms with E-state index < -0.39 is 0 Å². The smallest absolute Gasteiger partial charge is 0.277 e. The van der Waals surface area contributed by atoms with Gasteiger partial charge in [0.15, 0.2) is 6.61 Å². The molecule has 2 aromatic rings. The number of benzene rings is 2. The second-order valence-electron chi connectivity index (χ2n) is 5.29. The Hall–Kier alpha value is -2.33. The Bertz CT molecular complexity index is 725. The van der Waals surface area contributed by atoms with E-state index in [0.29, 0.717) is 5.02 Å². The summed E-state index contributed by atoms with van der Waals surface area (Å²) in [6, 6.07) is 11.2. The molecule has 0 unspecified atom stereocenters. The van der Waals surface area contributed by atoms with Crippen molar-refractivity contribution in [2.75, 3.05) is 6.61 Å². The van der Waals surface area contributed by atoms with Crippen molar-refractivity contribution in [1.82, 2.24) is 5.43 Å². The standard InChI is InChI=1S/C18H19ClN2O2/c1-12-4-5-13(2)18(14(12)3)23-11-17(22)21-20-10-15-6-8-16(19)9-7-15/h4-10H,11H2,1-3H3,(H,21,22)/b20-10-. The lowest BCUT2D eigenvalue weighted by molar-refractivity contribution is -0.123. The van der Waals surface area contributed by atoms with E-state index in [9.17, 15) is 4.79 Å². The van der Waals surface area contributed by atoms with E-state index in [-0.39, 0.29) is 12.5 Å². The predicted molar refractivity (Wildman–Crippen MR) is 93.3 cm³/mol. The second-order valence-corrected chi connectivity index (χ2v) is 5.72. The molecule has 0 aromatic heterocycles. The lowest BCUT2D eigenvalue weighted by Crippen LogP contribution is -2.25. The van der Waals surface area contributed by atoms with Crippen LogP contribution in [-0.2, 0) is 4.79 Å². The van der Waals surface area contributed by atoms with Gasteiger partial charge in [-0.25, -0.2) is 5.43 Å². The minimum Gasteiger partial charge on any atom is -0.483 e. The zero-order valence-corrected chi connectivity index (χ0v) is 14.1. The third-order valence-corrected chi connectivity index (χ3v) is 3.75. The van der Waals surface area contributed by atoms with Crippen LogP contribution in [0.3, 0.4) is 0 Å². The van der Waals surface area contributed by atoms with E-state index in [1.807, 2.05) is 45.0 Å². The molecule has 0 atom stereocenters. The molecule has 0 heterocycles. The van der Waals surface area contributed by atoms with Crippen LogP contribution in [0.15, 0.2) is 41.5 Å². The van der Waals surface area contributed by atoms with Crippen molar-refractivity contribution in [1.29, 1.82) is 0 Å². The van der Waals surface area contributed by atoms with Gasteiger partial charge in [0.05, 0.1) is 6.21 Å². The van der Waals surface area contributed by atoms with E-state index in [2.05, 4.69) is 10.5 Å². The Balaban J connectivity index is 1.88. The van der Waals surface area contributed by atoms with Crippen LogP contribution in [0.5, 0.6) is 5.75 Å². The first kappa shape index (κ1) is 17.0. The van der Waals surface area contributed by atoms with Crippen molar-refractivity contribution in [3.8, 4) is 5.75 Å². The van der Waals surface area contributed by atoms with Crippen LogP contribution in [0.4, 0.5) is 0 Å². The van der Waals surface area contributed by atoms with Gasteiger partial charge in [-0.3, -0.25) is 4.79 Å². The second kappa shape index (κ2) is 7.79. The molecule has 1 N–H and O–H groups in total. The van der Waals surface area contributed by atoms with Crippen LogP contribution in [0.1, 0.15) is 22.3 Å². The number of nitrogens with zero attached hydrogens (tertiary/aromatic N) is 1. The molecule has 0 bridgehead atoms. The van der Waals surface area contributed by atoms with Gasteiger partial charge in [-0.05, 0) is 55.2 Å². The van der Waals surface area contributed by atoms with Crippen LogP contribution >= 0.6 is 11.6 Å². The van der Waals surface area contributed by atoms with Gasteiger partial charge in [-0.2, -0.15) is 5.10 Å². The Morgan fingerprint density at radius 2 is 1.78 bits per heavy atom. The summed E-state index contributed by atoms with van der Waals surface area (Å²) >= 11 is 5.80. The van der Waals surface area contributed by atoms with Gasteiger partial charge >= 0.3 is 0 Å². The molecule has 2 rings (SSSR count). The molecule has 0 saturated carbocycles. The van der Waals surface area contributed by atoms with E-state index >= 15 is 0 Å². The lowest BCUT2D eigenvalue weighted by Gasteiger charge is -2.13. The van der Waals surface area contributed by atoms with Crippen molar-refractivity contribution < 1.29 is 9.53 Å². The molecule has 0 spiro atoms. The van der Waals surface area contributed by atoms with Crippen LogP contribution in [0.2, 0.25) is 5.02 Å². The first-order valence-electron chi connectivity index (χ1n) is 7.24. The number of carbonyl (C=O) groups excluding carboxylic acids is 1. The Kier molecular flexibility index (Phi) is 5.77. The Labute approximate surface area is 141 Å². The van der Waals surface area contributed by atoms with Crippen LogP contribution in [0.25, 0.3) is 0 Å². The van der Waals surface area contributed by atoms with E-state index in [1.165, 1.54) is 0 Å². The molecule has 0 saturated heterocycles. The highest BCUT2D eigenvalue weighted by Gasteiger charge is 2.08. The van der Waals surface area contributed by atoms with Gasteiger partial charge in [-0.15, -0.1) is 0 Å². The van der Waals surface area contributed by atoms with Crippen molar-refractivity contribution in [3.05, 3.63) is 63.7 Å². The maximum Gasteiger partial charge on any atom is 0.277 e.